The van der Waals surface area contributed by atoms with Crippen LogP contribution in [-0.4, -0.2) is 12.7 Å². The number of hydrogen-bond acceptors (Lipinski definition) is 3. The monoisotopic (exact) mass is 281 g/mol. The predicted molar refractivity (Wildman–Crippen MR) is 81.3 cm³/mol. The molecule has 0 unspecified atom stereocenters. The van der Waals surface area contributed by atoms with Crippen molar-refractivity contribution in [1.82, 2.24) is 0 Å². The first kappa shape index (κ1) is 13.2. The summed E-state index contributed by atoms with van der Waals surface area (Å²) in [5.41, 5.74) is 1.56. The molecule has 0 fully saturated rings. The number of ether oxygens (including phenoxy) is 1. The summed E-state index contributed by atoms with van der Waals surface area (Å²) in [6, 6.07) is 19.0. The van der Waals surface area contributed by atoms with Crippen LogP contribution in [0.3, 0.4) is 0 Å². The summed E-state index contributed by atoms with van der Waals surface area (Å²) in [6.07, 6.45) is 0.0916. The average molecular weight is 281 g/mol. The van der Waals surface area contributed by atoms with E-state index in [1.165, 1.54) is 0 Å². The van der Waals surface area contributed by atoms with Gasteiger partial charge in [-0.3, -0.25) is 5.32 Å². The zero-order valence-corrected chi connectivity index (χ0v) is 11.4. The van der Waals surface area contributed by atoms with Gasteiger partial charge in [0.2, 0.25) is 0 Å². The number of fused-ring (bicyclic) bond motifs is 1. The minimum absolute atomic E-state index is 0.276. The van der Waals surface area contributed by atoms with E-state index >= 15 is 0 Å². The summed E-state index contributed by atoms with van der Waals surface area (Å²) in [5, 5.41) is 3.72. The molecule has 2 aromatic carbocycles. The maximum atomic E-state index is 11.6. The fraction of sp³-hybridized carbons (Fsp3) is 0.118. The van der Waals surface area contributed by atoms with Crippen molar-refractivity contribution in [3.63, 3.8) is 0 Å². The third-order valence-electron chi connectivity index (χ3n) is 3.08. The molecule has 0 spiro atoms. The van der Waals surface area contributed by atoms with Crippen molar-refractivity contribution in [1.29, 1.82) is 0 Å². The first-order chi connectivity index (χ1) is 10.3. The quantitative estimate of drug-likeness (QED) is 0.778. The summed E-state index contributed by atoms with van der Waals surface area (Å²) >= 11 is 0. The molecule has 4 nitrogen and oxygen atoms in total. The molecular weight excluding hydrogens is 266 g/mol. The lowest BCUT2D eigenvalue weighted by atomic mass is 10.2. The molecule has 4 heteroatoms. The summed E-state index contributed by atoms with van der Waals surface area (Å²) in [5.74, 6) is 0.809. The second-order valence-electron chi connectivity index (χ2n) is 4.63. The van der Waals surface area contributed by atoms with Crippen LogP contribution in [0.2, 0.25) is 0 Å². The highest BCUT2D eigenvalue weighted by Gasteiger charge is 2.06. The van der Waals surface area contributed by atoms with Crippen LogP contribution in [0.25, 0.3) is 11.0 Å². The van der Waals surface area contributed by atoms with Gasteiger partial charge in [0.1, 0.15) is 18.0 Å². The van der Waals surface area contributed by atoms with Gasteiger partial charge in [0, 0.05) is 17.5 Å². The number of furan rings is 1. The Morgan fingerprint density at radius 2 is 1.81 bits per heavy atom. The molecule has 0 saturated heterocycles. The van der Waals surface area contributed by atoms with Gasteiger partial charge in [-0.2, -0.15) is 0 Å². The van der Waals surface area contributed by atoms with Crippen LogP contribution in [0.1, 0.15) is 5.76 Å². The van der Waals surface area contributed by atoms with E-state index in [1.807, 2.05) is 48.5 Å². The molecule has 1 heterocycles. The van der Waals surface area contributed by atoms with E-state index in [1.54, 1.807) is 12.1 Å². The van der Waals surface area contributed by atoms with Crippen LogP contribution in [0, 0.1) is 0 Å². The number of anilines is 1. The Kier molecular flexibility index (Phi) is 3.87. The first-order valence-electron chi connectivity index (χ1n) is 6.77. The number of carbonyl (C=O) groups is 1. The minimum Gasteiger partial charge on any atom is -0.461 e. The molecule has 0 atom stereocenters. The lowest BCUT2D eigenvalue weighted by Gasteiger charge is -2.05. The summed E-state index contributed by atoms with van der Waals surface area (Å²) < 4.78 is 10.8. The molecular formula is C17H15NO3. The third-order valence-corrected chi connectivity index (χ3v) is 3.08. The standard InChI is InChI=1S/C17H15NO3/c19-17(18-14-7-2-1-3-8-14)20-11-10-15-12-13-6-4-5-9-16(13)21-15/h1-9,12H,10-11H2,(H,18,19). The fourth-order valence-corrected chi connectivity index (χ4v) is 2.08. The molecule has 0 aliphatic carbocycles. The number of benzene rings is 2. The Morgan fingerprint density at radius 3 is 2.62 bits per heavy atom. The van der Waals surface area contributed by atoms with Gasteiger partial charge >= 0.3 is 6.09 Å². The molecule has 3 rings (SSSR count). The van der Waals surface area contributed by atoms with Gasteiger partial charge < -0.3 is 9.15 Å². The Balaban J connectivity index is 1.50. The van der Waals surface area contributed by atoms with Crippen molar-refractivity contribution >= 4 is 22.7 Å². The number of hydrogen-bond donors (Lipinski definition) is 1. The lowest BCUT2D eigenvalue weighted by Crippen LogP contribution is -2.15. The van der Waals surface area contributed by atoms with Gasteiger partial charge in [0.25, 0.3) is 0 Å². The highest BCUT2D eigenvalue weighted by atomic mass is 16.5. The molecule has 0 aliphatic rings. The molecule has 0 saturated carbocycles. The highest BCUT2D eigenvalue weighted by Crippen LogP contribution is 2.19. The van der Waals surface area contributed by atoms with E-state index in [0.29, 0.717) is 12.1 Å². The summed E-state index contributed by atoms with van der Waals surface area (Å²) in [6.45, 7) is 0.276. The van der Waals surface area contributed by atoms with E-state index < -0.39 is 6.09 Å². The highest BCUT2D eigenvalue weighted by molar-refractivity contribution is 5.84. The SMILES string of the molecule is O=C(Nc1ccccc1)OCCc1cc2ccccc2o1. The van der Waals surface area contributed by atoms with E-state index in [2.05, 4.69) is 5.32 Å². The van der Waals surface area contributed by atoms with Gasteiger partial charge in [-0.1, -0.05) is 36.4 Å². The van der Waals surface area contributed by atoms with Crippen molar-refractivity contribution in [2.45, 2.75) is 6.42 Å². The van der Waals surface area contributed by atoms with Crippen LogP contribution in [0.4, 0.5) is 10.5 Å². The zero-order valence-electron chi connectivity index (χ0n) is 11.4. The summed E-state index contributed by atoms with van der Waals surface area (Å²) in [4.78, 5) is 11.6. The normalized spacial score (nSPS) is 10.5. The smallest absolute Gasteiger partial charge is 0.411 e. The van der Waals surface area contributed by atoms with Gasteiger partial charge in [0.15, 0.2) is 0 Å². The molecule has 3 aromatic rings. The van der Waals surface area contributed by atoms with Crippen LogP contribution < -0.4 is 5.32 Å². The van der Waals surface area contributed by atoms with Crippen molar-refractivity contribution in [2.24, 2.45) is 0 Å². The lowest BCUT2D eigenvalue weighted by molar-refractivity contribution is 0.161. The number of carbonyl (C=O) groups excluding carboxylic acids is 1. The van der Waals surface area contributed by atoms with E-state index in [9.17, 15) is 4.79 Å². The second kappa shape index (κ2) is 6.13. The van der Waals surface area contributed by atoms with Crippen molar-refractivity contribution in [2.75, 3.05) is 11.9 Å². The Morgan fingerprint density at radius 1 is 1.05 bits per heavy atom. The van der Waals surface area contributed by atoms with Crippen LogP contribution in [0.15, 0.2) is 65.1 Å². The maximum absolute atomic E-state index is 11.6. The van der Waals surface area contributed by atoms with E-state index in [0.717, 1.165) is 16.7 Å². The minimum atomic E-state index is -0.461. The van der Waals surface area contributed by atoms with Crippen LogP contribution in [-0.2, 0) is 11.2 Å². The number of nitrogens with one attached hydrogen (secondary N) is 1. The van der Waals surface area contributed by atoms with Crippen molar-refractivity contribution in [3.05, 3.63) is 66.4 Å². The van der Waals surface area contributed by atoms with Crippen LogP contribution in [0.5, 0.6) is 0 Å². The van der Waals surface area contributed by atoms with Crippen LogP contribution >= 0.6 is 0 Å². The zero-order chi connectivity index (χ0) is 14.5. The second-order valence-corrected chi connectivity index (χ2v) is 4.63. The molecule has 1 N–H and O–H groups in total. The van der Waals surface area contributed by atoms with Crippen molar-refractivity contribution < 1.29 is 13.9 Å². The van der Waals surface area contributed by atoms with Gasteiger partial charge in [-0.05, 0) is 24.3 Å². The maximum Gasteiger partial charge on any atom is 0.411 e. The molecule has 0 aliphatic heterocycles. The van der Waals surface area contributed by atoms with Gasteiger partial charge in [0.05, 0.1) is 0 Å². The van der Waals surface area contributed by atoms with Crippen molar-refractivity contribution in [3.8, 4) is 0 Å². The largest absolute Gasteiger partial charge is 0.461 e. The number of para-hydroxylation sites is 2. The van der Waals surface area contributed by atoms with E-state index in [4.69, 9.17) is 9.15 Å². The van der Waals surface area contributed by atoms with Gasteiger partial charge in [-0.15, -0.1) is 0 Å². The molecule has 1 amide bonds. The molecule has 21 heavy (non-hydrogen) atoms. The number of amides is 1. The Hall–Kier alpha value is -2.75. The molecule has 0 radical (unpaired) electrons. The third kappa shape index (κ3) is 3.42. The fourth-order valence-electron chi connectivity index (χ4n) is 2.08. The summed E-state index contributed by atoms with van der Waals surface area (Å²) in [7, 11) is 0. The molecule has 1 aromatic heterocycles. The first-order valence-corrected chi connectivity index (χ1v) is 6.77. The topological polar surface area (TPSA) is 51.5 Å². The Bertz CT molecular complexity index is 701. The van der Waals surface area contributed by atoms with Gasteiger partial charge in [-0.25, -0.2) is 4.79 Å². The number of rotatable bonds is 4. The predicted octanol–water partition coefficient (Wildman–Crippen LogP) is 4.22. The average Bonchev–Trinajstić information content (AvgIpc) is 2.91. The Labute approximate surface area is 122 Å². The van der Waals surface area contributed by atoms with E-state index in [-0.39, 0.29) is 6.61 Å². The molecule has 0 bridgehead atoms. The molecule has 106 valence electrons.